The van der Waals surface area contributed by atoms with E-state index in [4.69, 9.17) is 16.3 Å². The Hall–Kier alpha value is -1.61. The van der Waals surface area contributed by atoms with Gasteiger partial charge in [-0.15, -0.1) is 0 Å². The first-order valence-electron chi connectivity index (χ1n) is 9.72. The zero-order valence-corrected chi connectivity index (χ0v) is 16.3. The molecule has 2 atom stereocenters. The van der Waals surface area contributed by atoms with Crippen LogP contribution in [0.2, 0.25) is 5.02 Å². The molecule has 1 saturated carbocycles. The second-order valence-electron chi connectivity index (χ2n) is 6.95. The Balaban J connectivity index is 1.73. The zero-order valence-electron chi connectivity index (χ0n) is 15.6. The van der Waals surface area contributed by atoms with Crippen LogP contribution in [0.25, 0.3) is 6.08 Å². The van der Waals surface area contributed by atoms with Gasteiger partial charge in [-0.2, -0.15) is 0 Å². The molecule has 0 spiro atoms. The lowest BCUT2D eigenvalue weighted by Gasteiger charge is -2.15. The van der Waals surface area contributed by atoms with E-state index in [0.717, 1.165) is 49.1 Å². The van der Waals surface area contributed by atoms with E-state index in [2.05, 4.69) is 12.2 Å². The number of ketones is 1. The van der Waals surface area contributed by atoms with E-state index in [-0.39, 0.29) is 11.9 Å². The number of carbonyl (C=O) groups excluding carboxylic acids is 2. The van der Waals surface area contributed by atoms with Crippen LogP contribution < -0.4 is 0 Å². The monoisotopic (exact) mass is 376 g/mol. The Morgan fingerprint density at radius 2 is 2.08 bits per heavy atom. The fraction of sp³-hybridized carbons (Fsp3) is 0.545. The summed E-state index contributed by atoms with van der Waals surface area (Å²) in [5, 5.41) is 0.731. The molecule has 0 bridgehead atoms. The molecule has 142 valence electrons. The summed E-state index contributed by atoms with van der Waals surface area (Å²) in [6.07, 6.45) is 11.3. The lowest BCUT2D eigenvalue weighted by Crippen LogP contribution is -2.13. The molecule has 0 aromatic heterocycles. The summed E-state index contributed by atoms with van der Waals surface area (Å²) in [6, 6.07) is 7.77. The third-order valence-corrected chi connectivity index (χ3v) is 5.23. The predicted octanol–water partition coefficient (Wildman–Crippen LogP) is 5.85. The smallest absolute Gasteiger partial charge is 0.305 e. The van der Waals surface area contributed by atoms with E-state index in [1.165, 1.54) is 0 Å². The van der Waals surface area contributed by atoms with Crippen LogP contribution in [0.3, 0.4) is 0 Å². The maximum atomic E-state index is 12.2. The first-order valence-corrected chi connectivity index (χ1v) is 10.1. The average Bonchev–Trinajstić information content (AvgIpc) is 2.96. The highest BCUT2D eigenvalue weighted by Gasteiger charge is 2.32. The van der Waals surface area contributed by atoms with E-state index >= 15 is 0 Å². The standard InChI is InChI=1S/C22H29ClO3/c1-2-26-22(25)11-6-4-3-5-10-20-18(14-15-21(20)24)13-12-17-8-7-9-19(23)16-17/h7-9,12-13,16,18,20H,2-6,10-11,14-15H2,1H3/b13-12+. The Labute approximate surface area is 161 Å². The van der Waals surface area contributed by atoms with Gasteiger partial charge in [0.05, 0.1) is 6.61 Å². The highest BCUT2D eigenvalue weighted by molar-refractivity contribution is 6.30. The van der Waals surface area contributed by atoms with Crippen LogP contribution in [0.15, 0.2) is 30.3 Å². The molecule has 0 radical (unpaired) electrons. The molecule has 3 nitrogen and oxygen atoms in total. The summed E-state index contributed by atoms with van der Waals surface area (Å²) >= 11 is 6.02. The molecule has 4 heteroatoms. The number of allylic oxidation sites excluding steroid dienone is 1. The van der Waals surface area contributed by atoms with Crippen molar-refractivity contribution in [3.05, 3.63) is 40.9 Å². The first-order chi connectivity index (χ1) is 12.6. The summed E-state index contributed by atoms with van der Waals surface area (Å²) in [5.41, 5.74) is 1.08. The van der Waals surface area contributed by atoms with Crippen LogP contribution in [0, 0.1) is 11.8 Å². The van der Waals surface area contributed by atoms with Gasteiger partial charge in [-0.3, -0.25) is 9.59 Å². The number of ether oxygens (including phenoxy) is 1. The lowest BCUT2D eigenvalue weighted by atomic mass is 9.89. The number of Topliss-reactive ketones (excluding diaryl/α,β-unsaturated/α-hetero) is 1. The molecule has 1 aliphatic carbocycles. The zero-order chi connectivity index (χ0) is 18.8. The molecule has 0 aliphatic heterocycles. The van der Waals surface area contributed by atoms with Gasteiger partial charge >= 0.3 is 5.97 Å². The Morgan fingerprint density at radius 3 is 2.85 bits per heavy atom. The third kappa shape index (κ3) is 6.95. The van der Waals surface area contributed by atoms with Crippen molar-refractivity contribution in [1.29, 1.82) is 0 Å². The van der Waals surface area contributed by atoms with Gasteiger partial charge in [0.25, 0.3) is 0 Å². The average molecular weight is 377 g/mol. The quantitative estimate of drug-likeness (QED) is 0.380. The minimum Gasteiger partial charge on any atom is -0.466 e. The van der Waals surface area contributed by atoms with Crippen molar-refractivity contribution < 1.29 is 14.3 Å². The van der Waals surface area contributed by atoms with Crippen LogP contribution in [-0.2, 0) is 14.3 Å². The Bertz CT molecular complexity index is 624. The Kier molecular flexibility index (Phi) is 8.90. The third-order valence-electron chi connectivity index (χ3n) is 4.99. The van der Waals surface area contributed by atoms with Crippen molar-refractivity contribution in [2.24, 2.45) is 11.8 Å². The van der Waals surface area contributed by atoms with Crippen molar-refractivity contribution in [2.45, 2.75) is 58.3 Å². The molecule has 1 aromatic carbocycles. The molecule has 1 aliphatic rings. The summed E-state index contributed by atoms with van der Waals surface area (Å²) in [4.78, 5) is 23.5. The van der Waals surface area contributed by atoms with Crippen LogP contribution in [0.5, 0.6) is 0 Å². The fourth-order valence-electron chi connectivity index (χ4n) is 3.60. The van der Waals surface area contributed by atoms with Crippen molar-refractivity contribution in [3.63, 3.8) is 0 Å². The van der Waals surface area contributed by atoms with E-state index in [0.29, 0.717) is 31.1 Å². The van der Waals surface area contributed by atoms with Gasteiger partial charge < -0.3 is 4.74 Å². The number of esters is 1. The molecular weight excluding hydrogens is 348 g/mol. The molecule has 0 amide bonds. The second kappa shape index (κ2) is 11.2. The molecular formula is C22H29ClO3. The number of halogens is 1. The fourth-order valence-corrected chi connectivity index (χ4v) is 3.80. The van der Waals surface area contributed by atoms with Crippen LogP contribution in [-0.4, -0.2) is 18.4 Å². The maximum Gasteiger partial charge on any atom is 0.305 e. The van der Waals surface area contributed by atoms with E-state index in [9.17, 15) is 9.59 Å². The van der Waals surface area contributed by atoms with Gasteiger partial charge in [0.2, 0.25) is 0 Å². The minimum absolute atomic E-state index is 0.107. The number of hydrogen-bond acceptors (Lipinski definition) is 3. The van der Waals surface area contributed by atoms with Gasteiger partial charge in [0.15, 0.2) is 0 Å². The number of carbonyl (C=O) groups is 2. The van der Waals surface area contributed by atoms with Gasteiger partial charge in [0.1, 0.15) is 5.78 Å². The number of hydrogen-bond donors (Lipinski definition) is 0. The first kappa shape index (κ1) is 20.7. The van der Waals surface area contributed by atoms with Gasteiger partial charge in [-0.1, -0.05) is 55.1 Å². The van der Waals surface area contributed by atoms with Crippen molar-refractivity contribution >= 4 is 29.4 Å². The van der Waals surface area contributed by atoms with Gasteiger partial charge in [0, 0.05) is 23.8 Å². The van der Waals surface area contributed by atoms with Crippen LogP contribution in [0.4, 0.5) is 0 Å². The normalized spacial score (nSPS) is 20.0. The lowest BCUT2D eigenvalue weighted by molar-refractivity contribution is -0.143. The molecule has 26 heavy (non-hydrogen) atoms. The Morgan fingerprint density at radius 1 is 1.27 bits per heavy atom. The molecule has 0 heterocycles. The molecule has 0 N–H and O–H groups in total. The highest BCUT2D eigenvalue weighted by atomic mass is 35.5. The number of unbranched alkanes of at least 4 members (excludes halogenated alkanes) is 3. The highest BCUT2D eigenvalue weighted by Crippen LogP contribution is 2.34. The topological polar surface area (TPSA) is 43.4 Å². The van der Waals surface area contributed by atoms with Crippen LogP contribution >= 0.6 is 11.6 Å². The van der Waals surface area contributed by atoms with E-state index < -0.39 is 0 Å². The molecule has 0 saturated heterocycles. The van der Waals surface area contributed by atoms with Crippen molar-refractivity contribution in [1.82, 2.24) is 0 Å². The maximum absolute atomic E-state index is 12.2. The molecule has 1 aromatic rings. The van der Waals surface area contributed by atoms with Gasteiger partial charge in [-0.25, -0.2) is 0 Å². The van der Waals surface area contributed by atoms with Crippen molar-refractivity contribution in [2.75, 3.05) is 6.61 Å². The number of rotatable bonds is 10. The summed E-state index contributed by atoms with van der Waals surface area (Å²) in [6.45, 7) is 2.28. The second-order valence-corrected chi connectivity index (χ2v) is 7.38. The van der Waals surface area contributed by atoms with Gasteiger partial charge in [-0.05, 0) is 49.8 Å². The molecule has 1 fully saturated rings. The summed E-state index contributed by atoms with van der Waals surface area (Å²) in [7, 11) is 0. The number of benzene rings is 1. The summed E-state index contributed by atoms with van der Waals surface area (Å²) in [5.74, 6) is 0.776. The minimum atomic E-state index is -0.107. The van der Waals surface area contributed by atoms with Crippen LogP contribution in [0.1, 0.15) is 63.9 Å². The van der Waals surface area contributed by atoms with Crippen molar-refractivity contribution in [3.8, 4) is 0 Å². The molecule has 2 rings (SSSR count). The van der Waals surface area contributed by atoms with E-state index in [1.54, 1.807) is 0 Å². The predicted molar refractivity (Wildman–Crippen MR) is 106 cm³/mol. The molecule has 2 unspecified atom stereocenters. The van der Waals surface area contributed by atoms with E-state index in [1.807, 2.05) is 31.2 Å². The largest absolute Gasteiger partial charge is 0.466 e. The SMILES string of the molecule is CCOC(=O)CCCCCCC1C(=O)CCC1/C=C/c1cccc(Cl)c1. The summed E-state index contributed by atoms with van der Waals surface area (Å²) < 4.78 is 4.93.